The number of nitrogens with zero attached hydrogens (tertiary/aromatic N) is 2. The van der Waals surface area contributed by atoms with Crippen LogP contribution in [-0.2, 0) is 0 Å². The maximum atomic E-state index is 2.80. The molecule has 280 valence electrons. The van der Waals surface area contributed by atoms with Gasteiger partial charge in [-0.15, -0.1) is 0 Å². The molecule has 2 nitrogen and oxygen atoms in total. The van der Waals surface area contributed by atoms with E-state index in [9.17, 15) is 0 Å². The van der Waals surface area contributed by atoms with E-state index in [0.717, 1.165) is 0 Å². The lowest BCUT2D eigenvalue weighted by molar-refractivity contribution is 0.634. The summed E-state index contributed by atoms with van der Waals surface area (Å²) < 4.78 is 5.52. The Balaban J connectivity index is 1.09. The molecule has 6 heterocycles. The molecule has 1 aliphatic carbocycles. The second-order valence-electron chi connectivity index (χ2n) is 18.5. The topological polar surface area (TPSA) is 9.86 Å². The number of benzene rings is 10. The van der Waals surface area contributed by atoms with Crippen LogP contribution in [0, 0.1) is 0 Å². The molecule has 4 aliphatic heterocycles. The first kappa shape index (κ1) is 31.3. The fourth-order valence-electron chi connectivity index (χ4n) is 14.0. The molecule has 2 atom stereocenters. The molecule has 0 saturated carbocycles. The van der Waals surface area contributed by atoms with Gasteiger partial charge in [-0.05, 0) is 106 Å². The number of aromatic nitrogens is 2. The van der Waals surface area contributed by atoms with Crippen molar-refractivity contribution >= 4 is 128 Å². The van der Waals surface area contributed by atoms with Crippen molar-refractivity contribution in [3.8, 4) is 22.3 Å². The number of rotatable bonds is 0. The van der Waals surface area contributed by atoms with Crippen molar-refractivity contribution in [2.75, 3.05) is 0 Å². The van der Waals surface area contributed by atoms with Gasteiger partial charge >= 0.3 is 0 Å². The lowest BCUT2D eigenvalue weighted by Gasteiger charge is -2.41. The molecule has 10 aromatic carbocycles. The molecule has 2 unspecified atom stereocenters. The fourth-order valence-corrected chi connectivity index (χ4v) is 14.0. The molecule has 0 saturated heterocycles. The van der Waals surface area contributed by atoms with Crippen LogP contribution >= 0.6 is 0 Å². The standard InChI is InChI=1S/C58H32B2N2/c1-3-15-33-31(13-1)25-27-45-51(33)53-37-19-7-5-17-35(37)49-39-21-9-11-23-41(39)59-43-29-44-48(30-47(43)61(45)57(53)55(49)59)62-46-28-26-32-14-2-4-16-34(32)52(46)54-38-20-8-6-18-36(38)50-40-22-10-12-24-42(40)60(44)56(50)58(54)62/h1-30,43,47H. The molecule has 0 bridgehead atoms. The maximum Gasteiger partial charge on any atom is 0.247 e. The molecular formula is C58H32B2N2. The summed E-state index contributed by atoms with van der Waals surface area (Å²) in [6, 6.07) is 65.0. The van der Waals surface area contributed by atoms with E-state index in [-0.39, 0.29) is 25.3 Å². The van der Waals surface area contributed by atoms with Gasteiger partial charge in [0.2, 0.25) is 13.4 Å². The minimum atomic E-state index is 0.0960. The minimum absolute atomic E-state index is 0.0960. The summed E-state index contributed by atoms with van der Waals surface area (Å²) in [7, 11) is 0. The first-order chi connectivity index (χ1) is 30.8. The van der Waals surface area contributed by atoms with Gasteiger partial charge in [0.1, 0.15) is 0 Å². The number of allylic oxidation sites excluding steroid dienone is 4. The van der Waals surface area contributed by atoms with Gasteiger partial charge in [-0.1, -0.05) is 175 Å². The van der Waals surface area contributed by atoms with Crippen LogP contribution in [0.1, 0.15) is 6.04 Å². The Hall–Kier alpha value is -7.55. The monoisotopic (exact) mass is 778 g/mol. The minimum Gasteiger partial charge on any atom is -0.334 e. The van der Waals surface area contributed by atoms with Crippen LogP contribution < -0.4 is 21.9 Å². The summed E-state index contributed by atoms with van der Waals surface area (Å²) in [5, 5.41) is 16.2. The summed E-state index contributed by atoms with van der Waals surface area (Å²) >= 11 is 0. The number of fused-ring (bicyclic) bond motifs is 28. The van der Waals surface area contributed by atoms with Crippen LogP contribution in [0.25, 0.3) is 115 Å². The van der Waals surface area contributed by atoms with Gasteiger partial charge in [-0.2, -0.15) is 0 Å². The number of hydrogen-bond acceptors (Lipinski definition) is 0. The molecule has 62 heavy (non-hydrogen) atoms. The highest BCUT2D eigenvalue weighted by Crippen LogP contribution is 2.56. The molecule has 12 aromatic rings. The van der Waals surface area contributed by atoms with Crippen LogP contribution in [0.4, 0.5) is 0 Å². The van der Waals surface area contributed by atoms with Gasteiger partial charge < -0.3 is 9.13 Å². The Morgan fingerprint density at radius 3 is 1.65 bits per heavy atom. The Kier molecular flexibility index (Phi) is 5.30. The van der Waals surface area contributed by atoms with Gasteiger partial charge in [0.05, 0.1) is 22.6 Å². The molecule has 0 N–H and O–H groups in total. The van der Waals surface area contributed by atoms with E-state index in [4.69, 9.17) is 0 Å². The first-order valence-electron chi connectivity index (χ1n) is 22.3. The largest absolute Gasteiger partial charge is 0.334 e. The summed E-state index contributed by atoms with van der Waals surface area (Å²) in [6.07, 6.45) is 5.53. The van der Waals surface area contributed by atoms with E-state index in [2.05, 4.69) is 191 Å². The van der Waals surface area contributed by atoms with Crippen molar-refractivity contribution in [2.45, 2.75) is 11.9 Å². The molecule has 0 radical (unpaired) electrons. The van der Waals surface area contributed by atoms with Gasteiger partial charge in [0.15, 0.2) is 0 Å². The molecule has 0 spiro atoms. The third kappa shape index (κ3) is 3.32. The van der Waals surface area contributed by atoms with Gasteiger partial charge in [-0.25, -0.2) is 0 Å². The SMILES string of the molecule is C1=C2B3c4ccccc4-c4c3c3c(c5ccccc45)c4c5ccccc5ccc4n3C2=CC2C1B1c3ccccc3-c3c1c1c(c4ccccc34)c3c4ccccc4ccc3n12. The predicted octanol–water partition coefficient (Wildman–Crippen LogP) is 11.7. The Labute approximate surface area is 356 Å². The van der Waals surface area contributed by atoms with Crippen molar-refractivity contribution in [2.24, 2.45) is 0 Å². The highest BCUT2D eigenvalue weighted by atomic mass is 15.1. The van der Waals surface area contributed by atoms with Gasteiger partial charge in [0.25, 0.3) is 0 Å². The average Bonchev–Trinajstić information content (AvgIpc) is 4.08. The summed E-state index contributed by atoms with van der Waals surface area (Å²) in [5.41, 5.74) is 19.8. The zero-order chi connectivity index (χ0) is 39.7. The van der Waals surface area contributed by atoms with E-state index in [1.54, 1.807) is 0 Å². The van der Waals surface area contributed by atoms with Crippen LogP contribution in [0.3, 0.4) is 0 Å². The van der Waals surface area contributed by atoms with Crippen molar-refractivity contribution < 1.29 is 0 Å². The van der Waals surface area contributed by atoms with E-state index in [1.165, 1.54) is 142 Å². The van der Waals surface area contributed by atoms with E-state index < -0.39 is 0 Å². The third-order valence-electron chi connectivity index (χ3n) is 16.1. The van der Waals surface area contributed by atoms with Crippen LogP contribution in [-0.4, -0.2) is 22.6 Å². The fraction of sp³-hybridized carbons (Fsp3) is 0.0345. The molecule has 4 heteroatoms. The zero-order valence-electron chi connectivity index (χ0n) is 33.5. The van der Waals surface area contributed by atoms with E-state index in [0.29, 0.717) is 0 Å². The highest BCUT2D eigenvalue weighted by Gasteiger charge is 2.52. The van der Waals surface area contributed by atoms with E-state index in [1.807, 2.05) is 0 Å². The second-order valence-corrected chi connectivity index (χ2v) is 18.5. The van der Waals surface area contributed by atoms with Crippen LogP contribution in [0.2, 0.25) is 5.82 Å². The average molecular weight is 779 g/mol. The molecule has 5 aliphatic rings. The Bertz CT molecular complexity index is 4250. The molecular weight excluding hydrogens is 746 g/mol. The van der Waals surface area contributed by atoms with Gasteiger partial charge in [0, 0.05) is 32.8 Å². The highest BCUT2D eigenvalue weighted by molar-refractivity contribution is 6.99. The van der Waals surface area contributed by atoms with Gasteiger partial charge in [-0.3, -0.25) is 0 Å². The lowest BCUT2D eigenvalue weighted by Crippen LogP contribution is -2.51. The summed E-state index contributed by atoms with van der Waals surface area (Å²) in [5.74, 6) is 0.214. The van der Waals surface area contributed by atoms with Crippen molar-refractivity contribution in [3.63, 3.8) is 0 Å². The van der Waals surface area contributed by atoms with Crippen LogP contribution in [0.15, 0.2) is 187 Å². The number of hydrogen-bond donors (Lipinski definition) is 0. The summed E-state index contributed by atoms with van der Waals surface area (Å²) in [4.78, 5) is 0. The molecule has 2 aromatic heterocycles. The quantitative estimate of drug-likeness (QED) is 0.136. The van der Waals surface area contributed by atoms with Crippen molar-refractivity contribution in [1.82, 2.24) is 9.13 Å². The Morgan fingerprint density at radius 2 is 0.935 bits per heavy atom. The molecule has 0 amide bonds. The summed E-state index contributed by atoms with van der Waals surface area (Å²) in [6.45, 7) is 0.370. The maximum absolute atomic E-state index is 2.80. The normalized spacial score (nSPS) is 17.5. The predicted molar refractivity (Wildman–Crippen MR) is 265 cm³/mol. The smallest absolute Gasteiger partial charge is 0.247 e. The lowest BCUT2D eigenvalue weighted by atomic mass is 9.29. The Morgan fingerprint density at radius 1 is 0.403 bits per heavy atom. The van der Waals surface area contributed by atoms with Crippen molar-refractivity contribution in [1.29, 1.82) is 0 Å². The molecule has 0 fully saturated rings. The van der Waals surface area contributed by atoms with Crippen LogP contribution in [0.5, 0.6) is 0 Å². The first-order valence-corrected chi connectivity index (χ1v) is 22.3. The van der Waals surface area contributed by atoms with Crippen molar-refractivity contribution in [3.05, 3.63) is 187 Å². The third-order valence-corrected chi connectivity index (χ3v) is 16.1. The second kappa shape index (κ2) is 10.5. The zero-order valence-corrected chi connectivity index (χ0v) is 33.5. The van der Waals surface area contributed by atoms with E-state index >= 15 is 0 Å². The molecule has 17 rings (SSSR count).